The first kappa shape index (κ1) is 24.4. The normalized spacial score (nSPS) is 15.0. The zero-order valence-corrected chi connectivity index (χ0v) is 19.6. The minimum Gasteiger partial charge on any atom is -0.355 e. The quantitative estimate of drug-likeness (QED) is 0.563. The summed E-state index contributed by atoms with van der Waals surface area (Å²) < 4.78 is 40.2. The Balaban J connectivity index is 1.40. The van der Waals surface area contributed by atoms with E-state index in [2.05, 4.69) is 25.9 Å². The molecule has 0 atom stereocenters. The predicted octanol–water partition coefficient (Wildman–Crippen LogP) is 3.90. The van der Waals surface area contributed by atoms with Crippen LogP contribution in [0.3, 0.4) is 0 Å². The second-order valence-electron chi connectivity index (χ2n) is 8.91. The number of nitrogens with zero attached hydrogens (tertiary/aromatic N) is 5. The third-order valence-electron chi connectivity index (χ3n) is 5.98. The summed E-state index contributed by atoms with van der Waals surface area (Å²) in [6.45, 7) is 6.39. The van der Waals surface area contributed by atoms with Crippen molar-refractivity contribution in [2.45, 2.75) is 39.8 Å². The number of hydrogen-bond donors (Lipinski definition) is 2. The Morgan fingerprint density at radius 3 is 2.43 bits per heavy atom. The maximum absolute atomic E-state index is 13.2. The summed E-state index contributed by atoms with van der Waals surface area (Å²) in [4.78, 5) is 26.7. The van der Waals surface area contributed by atoms with E-state index in [9.17, 15) is 22.8 Å². The lowest BCUT2D eigenvalue weighted by molar-refractivity contribution is -0.146. The number of amides is 2. The van der Waals surface area contributed by atoms with Crippen molar-refractivity contribution in [1.29, 1.82) is 0 Å². The first-order valence-electron chi connectivity index (χ1n) is 11.3. The standard InChI is InChI=1S/C23H26F3N7O2/c1-13(2)20(34)27-16-5-4-14(3)17(12-16)28-21(35)15-8-10-32(11-9-15)19-7-6-18-29-30-22(23(24,25)26)33(18)31-19/h4-7,12-13,15H,8-11H2,1-3H3,(H,27,34)(H,28,35). The van der Waals surface area contributed by atoms with Gasteiger partial charge in [0.15, 0.2) is 5.65 Å². The van der Waals surface area contributed by atoms with Gasteiger partial charge in [-0.05, 0) is 49.6 Å². The number of halogens is 3. The monoisotopic (exact) mass is 489 g/mol. The van der Waals surface area contributed by atoms with Crippen LogP contribution in [0.25, 0.3) is 5.65 Å². The molecule has 1 aliphatic rings. The molecule has 4 rings (SSSR count). The van der Waals surface area contributed by atoms with Gasteiger partial charge in [0, 0.05) is 36.3 Å². The second-order valence-corrected chi connectivity index (χ2v) is 8.91. The number of rotatable bonds is 5. The molecular weight excluding hydrogens is 463 g/mol. The van der Waals surface area contributed by atoms with E-state index in [1.165, 1.54) is 6.07 Å². The number of fused-ring (bicyclic) bond motifs is 1. The van der Waals surface area contributed by atoms with Crippen molar-refractivity contribution < 1.29 is 22.8 Å². The molecule has 2 aromatic heterocycles. The molecule has 2 N–H and O–H groups in total. The topological polar surface area (TPSA) is 105 Å². The maximum Gasteiger partial charge on any atom is 0.453 e. The number of aryl methyl sites for hydroxylation is 1. The molecule has 0 unspecified atom stereocenters. The van der Waals surface area contributed by atoms with Gasteiger partial charge in [0.05, 0.1) is 0 Å². The van der Waals surface area contributed by atoms with E-state index in [0.717, 1.165) is 5.56 Å². The zero-order chi connectivity index (χ0) is 25.3. The SMILES string of the molecule is Cc1ccc(NC(=O)C(C)C)cc1NC(=O)C1CCN(c2ccc3nnc(C(F)(F)F)n3n2)CC1. The highest BCUT2D eigenvalue weighted by molar-refractivity contribution is 5.96. The number of carbonyl (C=O) groups is 2. The highest BCUT2D eigenvalue weighted by Crippen LogP contribution is 2.29. The number of benzene rings is 1. The predicted molar refractivity (Wildman–Crippen MR) is 124 cm³/mol. The van der Waals surface area contributed by atoms with Gasteiger partial charge in [-0.15, -0.1) is 15.3 Å². The Morgan fingerprint density at radius 1 is 1.06 bits per heavy atom. The van der Waals surface area contributed by atoms with E-state index in [1.54, 1.807) is 32.0 Å². The zero-order valence-electron chi connectivity index (χ0n) is 19.6. The van der Waals surface area contributed by atoms with Crippen LogP contribution in [0.4, 0.5) is 30.4 Å². The Hall–Kier alpha value is -3.70. The average molecular weight is 490 g/mol. The van der Waals surface area contributed by atoms with Crippen LogP contribution in [0.1, 0.15) is 38.1 Å². The van der Waals surface area contributed by atoms with E-state index >= 15 is 0 Å². The number of hydrogen-bond acceptors (Lipinski definition) is 6. The van der Waals surface area contributed by atoms with Crippen LogP contribution in [-0.2, 0) is 15.8 Å². The Labute approximate surface area is 199 Å². The first-order chi connectivity index (χ1) is 16.5. The molecule has 186 valence electrons. The lowest BCUT2D eigenvalue weighted by atomic mass is 9.95. The molecule has 12 heteroatoms. The fourth-order valence-corrected chi connectivity index (χ4v) is 3.85. The van der Waals surface area contributed by atoms with E-state index in [4.69, 9.17) is 0 Å². The molecule has 1 aliphatic heterocycles. The molecule has 0 radical (unpaired) electrons. The molecule has 3 heterocycles. The van der Waals surface area contributed by atoms with Crippen LogP contribution in [0.15, 0.2) is 30.3 Å². The third-order valence-corrected chi connectivity index (χ3v) is 5.98. The van der Waals surface area contributed by atoms with Gasteiger partial charge in [-0.3, -0.25) is 9.59 Å². The summed E-state index contributed by atoms with van der Waals surface area (Å²) in [6.07, 6.45) is -3.63. The molecule has 35 heavy (non-hydrogen) atoms. The van der Waals surface area contributed by atoms with Crippen molar-refractivity contribution in [2.24, 2.45) is 11.8 Å². The van der Waals surface area contributed by atoms with Gasteiger partial charge in [0.25, 0.3) is 5.82 Å². The van der Waals surface area contributed by atoms with Gasteiger partial charge in [-0.2, -0.15) is 17.7 Å². The van der Waals surface area contributed by atoms with Gasteiger partial charge >= 0.3 is 6.18 Å². The second kappa shape index (κ2) is 9.51. The Morgan fingerprint density at radius 2 is 1.77 bits per heavy atom. The number of anilines is 3. The Kier molecular flexibility index (Phi) is 6.64. The van der Waals surface area contributed by atoms with Crippen LogP contribution >= 0.6 is 0 Å². The summed E-state index contributed by atoms with van der Waals surface area (Å²) in [6, 6.07) is 8.39. The van der Waals surface area contributed by atoms with Crippen molar-refractivity contribution in [3.8, 4) is 0 Å². The van der Waals surface area contributed by atoms with Crippen molar-refractivity contribution in [2.75, 3.05) is 28.6 Å². The average Bonchev–Trinajstić information content (AvgIpc) is 3.25. The molecule has 0 aliphatic carbocycles. The first-order valence-corrected chi connectivity index (χ1v) is 11.3. The van der Waals surface area contributed by atoms with Crippen LogP contribution in [0.2, 0.25) is 0 Å². The van der Waals surface area contributed by atoms with E-state index in [-0.39, 0.29) is 29.3 Å². The van der Waals surface area contributed by atoms with E-state index in [0.29, 0.717) is 47.6 Å². The molecule has 9 nitrogen and oxygen atoms in total. The lowest BCUT2D eigenvalue weighted by Crippen LogP contribution is -2.38. The number of nitrogens with one attached hydrogen (secondary N) is 2. The summed E-state index contributed by atoms with van der Waals surface area (Å²) in [7, 11) is 0. The van der Waals surface area contributed by atoms with E-state index < -0.39 is 12.0 Å². The molecule has 0 spiro atoms. The minimum absolute atomic E-state index is 0.0116. The van der Waals surface area contributed by atoms with Gasteiger partial charge < -0.3 is 15.5 Å². The molecule has 3 aromatic rings. The molecule has 0 bridgehead atoms. The number of carbonyl (C=O) groups excluding carboxylic acids is 2. The van der Waals surface area contributed by atoms with Crippen LogP contribution in [0.5, 0.6) is 0 Å². The largest absolute Gasteiger partial charge is 0.453 e. The van der Waals surface area contributed by atoms with Crippen molar-refractivity contribution in [1.82, 2.24) is 19.8 Å². The Bertz CT molecular complexity index is 1250. The smallest absolute Gasteiger partial charge is 0.355 e. The lowest BCUT2D eigenvalue weighted by Gasteiger charge is -2.32. The fraction of sp³-hybridized carbons (Fsp3) is 0.435. The van der Waals surface area contributed by atoms with Gasteiger partial charge in [0.1, 0.15) is 5.82 Å². The number of aromatic nitrogens is 4. The number of piperidine rings is 1. The molecule has 2 amide bonds. The number of alkyl halides is 3. The van der Waals surface area contributed by atoms with Gasteiger partial charge in [0.2, 0.25) is 11.8 Å². The molecule has 1 saturated heterocycles. The van der Waals surface area contributed by atoms with Gasteiger partial charge in [-0.1, -0.05) is 19.9 Å². The van der Waals surface area contributed by atoms with Crippen molar-refractivity contribution in [3.05, 3.63) is 41.7 Å². The highest BCUT2D eigenvalue weighted by atomic mass is 19.4. The summed E-state index contributed by atoms with van der Waals surface area (Å²) in [5.41, 5.74) is 2.11. The summed E-state index contributed by atoms with van der Waals surface area (Å²) in [5, 5.41) is 16.6. The van der Waals surface area contributed by atoms with Crippen LogP contribution < -0.4 is 15.5 Å². The summed E-state index contributed by atoms with van der Waals surface area (Å²) >= 11 is 0. The molecule has 1 fully saturated rings. The van der Waals surface area contributed by atoms with Crippen molar-refractivity contribution >= 4 is 34.7 Å². The molecule has 1 aromatic carbocycles. The summed E-state index contributed by atoms with van der Waals surface area (Å²) in [5.74, 6) is -1.48. The fourth-order valence-electron chi connectivity index (χ4n) is 3.85. The third kappa shape index (κ3) is 5.36. The maximum atomic E-state index is 13.2. The molecule has 0 saturated carbocycles. The minimum atomic E-state index is -4.66. The highest BCUT2D eigenvalue weighted by Gasteiger charge is 2.38. The van der Waals surface area contributed by atoms with E-state index in [1.807, 2.05) is 17.9 Å². The van der Waals surface area contributed by atoms with Gasteiger partial charge in [-0.25, -0.2) is 0 Å². The van der Waals surface area contributed by atoms with Crippen molar-refractivity contribution in [3.63, 3.8) is 0 Å². The molecular formula is C23H26F3N7O2. The van der Waals surface area contributed by atoms with Crippen LogP contribution in [-0.4, -0.2) is 44.7 Å². The van der Waals surface area contributed by atoms with Crippen LogP contribution in [0, 0.1) is 18.8 Å².